The number of nitrogens with one attached hydrogen (secondary N) is 1. The molecule has 1 atom stereocenters. The molecule has 3 heterocycles. The van der Waals surface area contributed by atoms with Crippen LogP contribution >= 0.6 is 0 Å². The second-order valence-corrected chi connectivity index (χ2v) is 10.4. The van der Waals surface area contributed by atoms with E-state index in [1.54, 1.807) is 33.8 Å². The van der Waals surface area contributed by atoms with E-state index in [4.69, 9.17) is 5.26 Å². The van der Waals surface area contributed by atoms with Gasteiger partial charge in [-0.05, 0) is 73.3 Å². The fraction of sp³-hybridized carbons (Fsp3) is 0.250. The third kappa shape index (κ3) is 4.99. The highest BCUT2D eigenvalue weighted by Gasteiger charge is 2.32. The molecule has 4 aromatic rings. The van der Waals surface area contributed by atoms with Crippen molar-refractivity contribution in [2.24, 2.45) is 0 Å². The number of carbonyl (C=O) groups is 2. The number of anilines is 2. The van der Waals surface area contributed by atoms with E-state index in [9.17, 15) is 9.59 Å². The normalized spacial score (nSPS) is 16.9. The number of likely N-dealkylation sites (tertiary alicyclic amines) is 1. The van der Waals surface area contributed by atoms with Crippen molar-refractivity contribution in [3.05, 3.63) is 101 Å². The summed E-state index contributed by atoms with van der Waals surface area (Å²) in [5.74, 6) is -0.711. The zero-order valence-corrected chi connectivity index (χ0v) is 22.4. The van der Waals surface area contributed by atoms with Crippen molar-refractivity contribution in [3.63, 3.8) is 0 Å². The maximum absolute atomic E-state index is 13.6. The minimum absolute atomic E-state index is 0.206. The Morgan fingerprint density at radius 3 is 2.48 bits per heavy atom. The smallest absolute Gasteiger partial charge is 0.277 e. The number of carbonyl (C=O) groups excluding carboxylic acids is 2. The van der Waals surface area contributed by atoms with Gasteiger partial charge in [0.1, 0.15) is 5.69 Å². The minimum Gasteiger partial charge on any atom is -0.322 e. The van der Waals surface area contributed by atoms with E-state index < -0.39 is 5.91 Å². The zero-order chi connectivity index (χ0) is 27.6. The molecule has 8 heteroatoms. The summed E-state index contributed by atoms with van der Waals surface area (Å²) >= 11 is 0. The summed E-state index contributed by atoms with van der Waals surface area (Å²) < 4.78 is 1.58. The second-order valence-electron chi connectivity index (χ2n) is 10.4. The van der Waals surface area contributed by atoms with E-state index in [1.807, 2.05) is 24.3 Å². The lowest BCUT2D eigenvalue weighted by atomic mass is 10.0. The van der Waals surface area contributed by atoms with Gasteiger partial charge < -0.3 is 10.2 Å². The summed E-state index contributed by atoms with van der Waals surface area (Å²) in [7, 11) is 0. The topological polar surface area (TPSA) is 94.3 Å². The van der Waals surface area contributed by atoms with Crippen LogP contribution in [0.25, 0.3) is 11.1 Å². The van der Waals surface area contributed by atoms with E-state index >= 15 is 0 Å². The molecule has 1 fully saturated rings. The molecule has 200 valence electrons. The van der Waals surface area contributed by atoms with E-state index in [-0.39, 0.29) is 17.2 Å². The van der Waals surface area contributed by atoms with Crippen LogP contribution in [-0.2, 0) is 13.1 Å². The molecule has 2 aliphatic rings. The van der Waals surface area contributed by atoms with Gasteiger partial charge in [-0.15, -0.1) is 0 Å². The molecule has 1 unspecified atom stereocenters. The molecule has 1 aromatic heterocycles. The lowest BCUT2D eigenvalue weighted by Gasteiger charge is -2.28. The number of nitriles is 1. The number of benzene rings is 3. The highest BCUT2D eigenvalue weighted by atomic mass is 16.2. The Balaban J connectivity index is 1.16. The van der Waals surface area contributed by atoms with Crippen LogP contribution in [-0.4, -0.2) is 45.6 Å². The Kier molecular flexibility index (Phi) is 6.89. The third-order valence-electron chi connectivity index (χ3n) is 7.86. The van der Waals surface area contributed by atoms with Gasteiger partial charge in [0.05, 0.1) is 29.9 Å². The zero-order valence-electron chi connectivity index (χ0n) is 22.4. The van der Waals surface area contributed by atoms with Crippen LogP contribution in [0.1, 0.15) is 51.7 Å². The lowest BCUT2D eigenvalue weighted by Crippen LogP contribution is -2.41. The summed E-state index contributed by atoms with van der Waals surface area (Å²) in [6.45, 7) is 5.40. The van der Waals surface area contributed by atoms with Gasteiger partial charge in [-0.25, -0.2) is 0 Å². The number of fused-ring (bicyclic) bond motifs is 1. The Hall–Kier alpha value is -4.74. The molecule has 0 radical (unpaired) electrons. The van der Waals surface area contributed by atoms with Gasteiger partial charge in [-0.2, -0.15) is 10.4 Å². The Morgan fingerprint density at radius 1 is 1.02 bits per heavy atom. The Bertz CT molecular complexity index is 1600. The Morgan fingerprint density at radius 2 is 1.77 bits per heavy atom. The van der Waals surface area contributed by atoms with Crippen LogP contribution in [0.3, 0.4) is 0 Å². The highest BCUT2D eigenvalue weighted by Crippen LogP contribution is 2.28. The molecule has 1 N–H and O–H groups in total. The van der Waals surface area contributed by atoms with Gasteiger partial charge in [0.2, 0.25) is 0 Å². The third-order valence-corrected chi connectivity index (χ3v) is 7.86. The molecule has 0 bridgehead atoms. The number of rotatable bonds is 6. The molecule has 6 rings (SSSR count). The quantitative estimate of drug-likeness (QED) is 0.364. The lowest BCUT2D eigenvalue weighted by molar-refractivity contribution is 0.0947. The first-order chi connectivity index (χ1) is 19.5. The van der Waals surface area contributed by atoms with Crippen molar-refractivity contribution in [1.82, 2.24) is 14.7 Å². The molecular weight excluding hydrogens is 500 g/mol. The molecule has 8 nitrogen and oxygen atoms in total. The van der Waals surface area contributed by atoms with Crippen LogP contribution in [0.2, 0.25) is 0 Å². The summed E-state index contributed by atoms with van der Waals surface area (Å²) in [6.07, 6.45) is 3.98. The van der Waals surface area contributed by atoms with Gasteiger partial charge in [-0.3, -0.25) is 19.2 Å². The Labute approximate surface area is 233 Å². The SMILES string of the molecule is CC1CCCN1Cc1ccc(-c2ccc(N3CCn4ncc(C(=O)Nc5cccc(C#N)c5)c4C3=O)cc2)cc1. The maximum Gasteiger partial charge on any atom is 0.277 e. The molecule has 0 aliphatic carbocycles. The van der Waals surface area contributed by atoms with Gasteiger partial charge in [-0.1, -0.05) is 42.5 Å². The van der Waals surface area contributed by atoms with Crippen LogP contribution in [0.15, 0.2) is 79.0 Å². The molecule has 3 aromatic carbocycles. The molecule has 0 spiro atoms. The monoisotopic (exact) mass is 530 g/mol. The molecule has 2 aliphatic heterocycles. The van der Waals surface area contributed by atoms with Crippen LogP contribution in [0.4, 0.5) is 11.4 Å². The van der Waals surface area contributed by atoms with E-state index in [0.29, 0.717) is 30.4 Å². The summed E-state index contributed by atoms with van der Waals surface area (Å²) in [5.41, 5.74) is 5.69. The van der Waals surface area contributed by atoms with Crippen molar-refractivity contribution >= 4 is 23.2 Å². The molecule has 2 amide bonds. The minimum atomic E-state index is -0.440. The fourth-order valence-corrected chi connectivity index (χ4v) is 5.58. The van der Waals surface area contributed by atoms with Gasteiger partial charge in [0, 0.05) is 30.5 Å². The summed E-state index contributed by atoms with van der Waals surface area (Å²) in [4.78, 5) is 30.8. The highest BCUT2D eigenvalue weighted by molar-refractivity contribution is 6.15. The standard InChI is InChI=1S/C32H30N6O2/c1-22-4-3-15-36(22)21-23-7-9-25(10-8-23)26-11-13-28(14-12-26)37-16-17-38-30(32(37)40)29(20-34-38)31(39)35-27-6-2-5-24(18-27)19-33/h2,5-14,18,20,22H,3-4,15-17,21H2,1H3,(H,35,39). The van der Waals surface area contributed by atoms with E-state index in [0.717, 1.165) is 23.4 Å². The fourth-order valence-electron chi connectivity index (χ4n) is 5.58. The van der Waals surface area contributed by atoms with Crippen molar-refractivity contribution in [2.75, 3.05) is 23.3 Å². The van der Waals surface area contributed by atoms with Crippen molar-refractivity contribution in [2.45, 2.75) is 38.9 Å². The van der Waals surface area contributed by atoms with E-state index in [2.05, 4.69) is 52.6 Å². The second kappa shape index (κ2) is 10.8. The first kappa shape index (κ1) is 25.5. The summed E-state index contributed by atoms with van der Waals surface area (Å²) in [6, 6.07) is 26.0. The number of hydrogen-bond donors (Lipinski definition) is 1. The average Bonchev–Trinajstić information content (AvgIpc) is 3.60. The van der Waals surface area contributed by atoms with E-state index in [1.165, 1.54) is 31.1 Å². The van der Waals surface area contributed by atoms with Gasteiger partial charge in [0.15, 0.2) is 0 Å². The predicted octanol–water partition coefficient (Wildman–Crippen LogP) is 5.32. The van der Waals surface area contributed by atoms with Gasteiger partial charge >= 0.3 is 0 Å². The first-order valence-corrected chi connectivity index (χ1v) is 13.6. The van der Waals surface area contributed by atoms with Gasteiger partial charge in [0.25, 0.3) is 11.8 Å². The molecular formula is C32H30N6O2. The molecule has 1 saturated heterocycles. The summed E-state index contributed by atoms with van der Waals surface area (Å²) in [5, 5.41) is 16.2. The average molecular weight is 531 g/mol. The maximum atomic E-state index is 13.6. The predicted molar refractivity (Wildman–Crippen MR) is 154 cm³/mol. The largest absolute Gasteiger partial charge is 0.322 e. The molecule has 40 heavy (non-hydrogen) atoms. The molecule has 0 saturated carbocycles. The van der Waals surface area contributed by atoms with Crippen molar-refractivity contribution in [3.8, 4) is 17.2 Å². The number of amides is 2. The van der Waals surface area contributed by atoms with Crippen molar-refractivity contribution < 1.29 is 9.59 Å². The first-order valence-electron chi connectivity index (χ1n) is 13.6. The van der Waals surface area contributed by atoms with Crippen molar-refractivity contribution in [1.29, 1.82) is 5.26 Å². The number of nitrogens with zero attached hydrogens (tertiary/aromatic N) is 5. The number of aromatic nitrogens is 2. The van der Waals surface area contributed by atoms with Crippen LogP contribution in [0.5, 0.6) is 0 Å². The van der Waals surface area contributed by atoms with Crippen LogP contribution < -0.4 is 10.2 Å². The number of hydrogen-bond acceptors (Lipinski definition) is 5. The van der Waals surface area contributed by atoms with Crippen LogP contribution in [0, 0.1) is 11.3 Å².